The number of hydrogen-bond donors (Lipinski definition) is 2. The normalized spacial score (nSPS) is 11.4. The highest BCUT2D eigenvalue weighted by atomic mass is 32.1. The number of carbonyl (C=O) groups is 2. The summed E-state index contributed by atoms with van der Waals surface area (Å²) in [5, 5.41) is 11.6. The molecule has 1 heterocycles. The number of nitrogens with one attached hydrogen (secondary N) is 1. The first-order valence-corrected chi connectivity index (χ1v) is 9.05. The summed E-state index contributed by atoms with van der Waals surface area (Å²) in [6.07, 6.45) is 3.33. The summed E-state index contributed by atoms with van der Waals surface area (Å²) in [6, 6.07) is 8.23. The molecule has 132 valence electrons. The summed E-state index contributed by atoms with van der Waals surface area (Å²) in [5.74, 6) is -0.311. The Morgan fingerprint density at radius 2 is 1.72 bits per heavy atom. The molecule has 0 spiro atoms. The largest absolute Gasteiger partial charge is 0.478 e. The predicted molar refractivity (Wildman–Crippen MR) is 104 cm³/mol. The van der Waals surface area contributed by atoms with Crippen LogP contribution in [0.15, 0.2) is 36.4 Å². The lowest BCUT2D eigenvalue weighted by atomic mass is 9.99. The lowest BCUT2D eigenvalue weighted by Crippen LogP contribution is -2.07. The third-order valence-electron chi connectivity index (χ3n) is 3.75. The number of rotatable bonds is 6. The molecule has 0 aliphatic heterocycles. The molecule has 0 aliphatic carbocycles. The first-order chi connectivity index (χ1) is 11.8. The Morgan fingerprint density at radius 3 is 2.20 bits per heavy atom. The zero-order chi connectivity index (χ0) is 18.6. The molecule has 0 aliphatic rings. The van der Waals surface area contributed by atoms with Crippen molar-refractivity contribution in [2.24, 2.45) is 0 Å². The summed E-state index contributed by atoms with van der Waals surface area (Å²) in [4.78, 5) is 25.3. The molecule has 0 saturated heterocycles. The van der Waals surface area contributed by atoms with E-state index in [9.17, 15) is 9.59 Å². The third kappa shape index (κ3) is 5.03. The Kier molecular flexibility index (Phi) is 6.15. The smallest absolute Gasteiger partial charge is 0.335 e. The standard InChI is InChI=1S/C20H23NO3S/c1-12(2)17-11-16(25-19(17)13(3)4)9-10-18(22)21-15-7-5-14(6-8-15)20(23)24/h5-13H,1-4H3,(H,21,22)(H,23,24)/b10-9+. The van der Waals surface area contributed by atoms with E-state index in [2.05, 4.69) is 39.1 Å². The molecular weight excluding hydrogens is 334 g/mol. The van der Waals surface area contributed by atoms with Crippen LogP contribution in [0.1, 0.15) is 65.2 Å². The first-order valence-electron chi connectivity index (χ1n) is 8.24. The molecule has 0 unspecified atom stereocenters. The van der Waals surface area contributed by atoms with Gasteiger partial charge in [0.15, 0.2) is 0 Å². The van der Waals surface area contributed by atoms with Crippen LogP contribution in [0, 0.1) is 0 Å². The molecule has 1 aromatic heterocycles. The van der Waals surface area contributed by atoms with Crippen LogP contribution in [0.3, 0.4) is 0 Å². The van der Waals surface area contributed by atoms with Gasteiger partial charge in [-0.05, 0) is 53.8 Å². The quantitative estimate of drug-likeness (QED) is 0.685. The second kappa shape index (κ2) is 8.12. The van der Waals surface area contributed by atoms with Gasteiger partial charge in [-0.15, -0.1) is 11.3 Å². The number of carboxylic acid groups (broad SMARTS) is 1. The Morgan fingerprint density at radius 1 is 1.08 bits per heavy atom. The topological polar surface area (TPSA) is 66.4 Å². The fourth-order valence-corrected chi connectivity index (χ4v) is 3.69. The zero-order valence-electron chi connectivity index (χ0n) is 14.9. The van der Waals surface area contributed by atoms with Gasteiger partial charge < -0.3 is 10.4 Å². The highest BCUT2D eigenvalue weighted by molar-refractivity contribution is 7.13. The van der Waals surface area contributed by atoms with Gasteiger partial charge in [0.1, 0.15) is 0 Å². The number of hydrogen-bond acceptors (Lipinski definition) is 3. The molecule has 0 bridgehead atoms. The average molecular weight is 357 g/mol. The minimum atomic E-state index is -0.989. The van der Waals surface area contributed by atoms with Crippen molar-refractivity contribution in [3.05, 3.63) is 57.3 Å². The molecule has 0 radical (unpaired) electrons. The molecule has 2 N–H and O–H groups in total. The first kappa shape index (κ1) is 18.9. The molecule has 2 rings (SSSR count). The third-order valence-corrected chi connectivity index (χ3v) is 5.17. The van der Waals surface area contributed by atoms with Gasteiger partial charge in [-0.3, -0.25) is 4.79 Å². The maximum Gasteiger partial charge on any atom is 0.335 e. The van der Waals surface area contributed by atoms with E-state index in [0.29, 0.717) is 17.5 Å². The number of carbonyl (C=O) groups excluding carboxylic acids is 1. The molecule has 25 heavy (non-hydrogen) atoms. The van der Waals surface area contributed by atoms with Crippen molar-refractivity contribution in [3.8, 4) is 0 Å². The lowest BCUT2D eigenvalue weighted by Gasteiger charge is -2.08. The van der Waals surface area contributed by atoms with Gasteiger partial charge >= 0.3 is 5.97 Å². The van der Waals surface area contributed by atoms with Crippen LogP contribution in [0.4, 0.5) is 5.69 Å². The molecule has 1 amide bonds. The van der Waals surface area contributed by atoms with Crippen LogP contribution in [-0.4, -0.2) is 17.0 Å². The van der Waals surface area contributed by atoms with Gasteiger partial charge in [0, 0.05) is 21.5 Å². The second-order valence-electron chi connectivity index (χ2n) is 6.48. The van der Waals surface area contributed by atoms with Crippen molar-refractivity contribution >= 4 is 35.0 Å². The zero-order valence-corrected chi connectivity index (χ0v) is 15.7. The van der Waals surface area contributed by atoms with Crippen molar-refractivity contribution in [3.63, 3.8) is 0 Å². The van der Waals surface area contributed by atoms with E-state index in [1.54, 1.807) is 23.5 Å². The number of benzene rings is 1. The molecule has 1 aromatic carbocycles. The highest BCUT2D eigenvalue weighted by Crippen LogP contribution is 2.34. The maximum absolute atomic E-state index is 12.1. The molecular formula is C20H23NO3S. The van der Waals surface area contributed by atoms with E-state index in [1.807, 2.05) is 6.08 Å². The van der Waals surface area contributed by atoms with Gasteiger partial charge in [0.2, 0.25) is 5.91 Å². The number of aromatic carboxylic acids is 1. The van der Waals surface area contributed by atoms with Gasteiger partial charge in [0.25, 0.3) is 0 Å². The Balaban J connectivity index is 2.07. The van der Waals surface area contributed by atoms with Gasteiger partial charge in [0.05, 0.1) is 5.56 Å². The van der Waals surface area contributed by atoms with Crippen molar-refractivity contribution in [1.29, 1.82) is 0 Å². The molecule has 2 aromatic rings. The highest BCUT2D eigenvalue weighted by Gasteiger charge is 2.13. The van der Waals surface area contributed by atoms with E-state index in [4.69, 9.17) is 5.11 Å². The summed E-state index contributed by atoms with van der Waals surface area (Å²) in [5.41, 5.74) is 2.09. The fraction of sp³-hybridized carbons (Fsp3) is 0.300. The maximum atomic E-state index is 12.1. The minimum Gasteiger partial charge on any atom is -0.478 e. The predicted octanol–water partition coefficient (Wildman–Crippen LogP) is 5.35. The van der Waals surface area contributed by atoms with E-state index < -0.39 is 5.97 Å². The van der Waals surface area contributed by atoms with Gasteiger partial charge in [-0.25, -0.2) is 4.79 Å². The second-order valence-corrected chi connectivity index (χ2v) is 7.60. The number of amides is 1. The minimum absolute atomic E-state index is 0.189. The average Bonchev–Trinajstić information content (AvgIpc) is 2.98. The molecule has 0 atom stereocenters. The van der Waals surface area contributed by atoms with Crippen molar-refractivity contribution < 1.29 is 14.7 Å². The van der Waals surface area contributed by atoms with Crippen LogP contribution in [0.5, 0.6) is 0 Å². The Bertz CT molecular complexity index is 760. The fourth-order valence-electron chi connectivity index (χ4n) is 2.46. The van der Waals surface area contributed by atoms with E-state index >= 15 is 0 Å². The SMILES string of the molecule is CC(C)c1cc(/C=C/C(=O)Nc2ccc(C(=O)O)cc2)sc1C(C)C. The molecule has 4 nitrogen and oxygen atoms in total. The van der Waals surface area contributed by atoms with Gasteiger partial charge in [-0.1, -0.05) is 27.7 Å². The van der Waals surface area contributed by atoms with Crippen molar-refractivity contribution in [2.45, 2.75) is 39.5 Å². The summed E-state index contributed by atoms with van der Waals surface area (Å²) >= 11 is 1.72. The van der Waals surface area contributed by atoms with Crippen LogP contribution in [0.25, 0.3) is 6.08 Å². The lowest BCUT2D eigenvalue weighted by molar-refractivity contribution is -0.111. The van der Waals surface area contributed by atoms with Crippen LogP contribution < -0.4 is 5.32 Å². The van der Waals surface area contributed by atoms with Crippen LogP contribution in [0.2, 0.25) is 0 Å². The van der Waals surface area contributed by atoms with Crippen molar-refractivity contribution in [1.82, 2.24) is 0 Å². The Labute approximate surface area is 152 Å². The van der Waals surface area contributed by atoms with E-state index in [0.717, 1.165) is 4.88 Å². The number of anilines is 1. The molecule has 0 saturated carbocycles. The summed E-state index contributed by atoms with van der Waals surface area (Å²) in [6.45, 7) is 8.71. The van der Waals surface area contributed by atoms with E-state index in [1.165, 1.54) is 28.6 Å². The molecule has 5 heteroatoms. The monoisotopic (exact) mass is 357 g/mol. The van der Waals surface area contributed by atoms with E-state index in [-0.39, 0.29) is 11.5 Å². The van der Waals surface area contributed by atoms with Crippen LogP contribution in [-0.2, 0) is 4.79 Å². The molecule has 0 fully saturated rings. The summed E-state index contributed by atoms with van der Waals surface area (Å²) < 4.78 is 0. The van der Waals surface area contributed by atoms with Crippen LogP contribution >= 0.6 is 11.3 Å². The number of carboxylic acids is 1. The number of thiophene rings is 1. The Hall–Kier alpha value is -2.40. The summed E-state index contributed by atoms with van der Waals surface area (Å²) in [7, 11) is 0. The van der Waals surface area contributed by atoms with Gasteiger partial charge in [-0.2, -0.15) is 0 Å². The van der Waals surface area contributed by atoms with Crippen molar-refractivity contribution in [2.75, 3.05) is 5.32 Å².